The maximum atomic E-state index is 13.4. The molecule has 1 amide bonds. The number of halogens is 1. The summed E-state index contributed by atoms with van der Waals surface area (Å²) in [5.41, 5.74) is 4.62. The number of carbonyl (C=O) groups excluding carboxylic acids is 1. The molecule has 1 aromatic heterocycles. The number of ether oxygens (including phenoxy) is 2. The molecule has 192 valence electrons. The van der Waals surface area contributed by atoms with E-state index in [0.717, 1.165) is 31.6 Å². The Hall–Kier alpha value is -3.15. The first-order valence-electron chi connectivity index (χ1n) is 11.8. The van der Waals surface area contributed by atoms with Crippen molar-refractivity contribution in [3.63, 3.8) is 0 Å². The Morgan fingerprint density at radius 2 is 1.74 bits per heavy atom. The van der Waals surface area contributed by atoms with E-state index in [2.05, 4.69) is 34.7 Å². The summed E-state index contributed by atoms with van der Waals surface area (Å²) in [5.74, 6) is 1.24. The molecule has 0 aliphatic carbocycles. The van der Waals surface area contributed by atoms with Gasteiger partial charge in [-0.3, -0.25) is 9.69 Å². The van der Waals surface area contributed by atoms with Crippen LogP contribution in [0.15, 0.2) is 83.9 Å². The molecule has 38 heavy (non-hydrogen) atoms. The lowest BCUT2D eigenvalue weighted by atomic mass is 10.1. The van der Waals surface area contributed by atoms with Crippen LogP contribution in [0.4, 0.5) is 0 Å². The van der Waals surface area contributed by atoms with Crippen LogP contribution < -0.4 is 9.47 Å². The fourth-order valence-corrected chi connectivity index (χ4v) is 5.81. The molecule has 0 bridgehead atoms. The Balaban J connectivity index is 1.42. The number of benzene rings is 3. The summed E-state index contributed by atoms with van der Waals surface area (Å²) in [6.45, 7) is 0.477. The fourth-order valence-electron chi connectivity index (χ4n) is 4.15. The van der Waals surface area contributed by atoms with Crippen molar-refractivity contribution in [2.45, 2.75) is 6.42 Å². The molecule has 1 fully saturated rings. The minimum absolute atomic E-state index is 0.0958. The van der Waals surface area contributed by atoms with E-state index in [4.69, 9.17) is 26.8 Å². The van der Waals surface area contributed by atoms with E-state index in [1.165, 1.54) is 11.8 Å². The van der Waals surface area contributed by atoms with E-state index in [9.17, 15) is 4.79 Å². The topological polar surface area (TPSA) is 56.6 Å². The van der Waals surface area contributed by atoms with Crippen molar-refractivity contribution in [1.82, 2.24) is 14.7 Å². The van der Waals surface area contributed by atoms with Crippen LogP contribution in [-0.4, -0.2) is 45.7 Å². The number of thioether (sulfide) groups is 1. The van der Waals surface area contributed by atoms with Gasteiger partial charge in [-0.05, 0) is 77.0 Å². The normalized spacial score (nSPS) is 14.4. The number of carbonyl (C=O) groups is 1. The molecule has 6 nitrogen and oxygen atoms in total. The van der Waals surface area contributed by atoms with Gasteiger partial charge in [-0.1, -0.05) is 60.4 Å². The van der Waals surface area contributed by atoms with E-state index in [0.29, 0.717) is 33.7 Å². The zero-order valence-electron chi connectivity index (χ0n) is 20.8. The molecule has 1 saturated heterocycles. The number of aromatic nitrogens is 2. The van der Waals surface area contributed by atoms with Crippen LogP contribution in [0.3, 0.4) is 0 Å². The van der Waals surface area contributed by atoms with Crippen LogP contribution in [0.5, 0.6) is 11.5 Å². The van der Waals surface area contributed by atoms with Gasteiger partial charge in [0.2, 0.25) is 0 Å². The quantitative estimate of drug-likeness (QED) is 0.121. The van der Waals surface area contributed by atoms with Crippen LogP contribution in [0, 0.1) is 3.57 Å². The van der Waals surface area contributed by atoms with Crippen LogP contribution in [0.25, 0.3) is 23.0 Å². The Morgan fingerprint density at radius 3 is 2.45 bits per heavy atom. The molecule has 4 aromatic rings. The van der Waals surface area contributed by atoms with E-state index >= 15 is 0 Å². The van der Waals surface area contributed by atoms with Gasteiger partial charge in [0.25, 0.3) is 5.91 Å². The number of thiocarbonyl (C=S) groups is 1. The zero-order chi connectivity index (χ0) is 26.6. The Morgan fingerprint density at radius 1 is 1.00 bits per heavy atom. The number of hydrogen-bond donors (Lipinski definition) is 0. The molecule has 1 aliphatic heterocycles. The number of nitrogens with zero attached hydrogens (tertiary/aromatic N) is 3. The van der Waals surface area contributed by atoms with Gasteiger partial charge < -0.3 is 9.47 Å². The maximum absolute atomic E-state index is 13.4. The van der Waals surface area contributed by atoms with Crippen molar-refractivity contribution < 1.29 is 14.3 Å². The van der Waals surface area contributed by atoms with Crippen LogP contribution in [0.2, 0.25) is 0 Å². The Kier molecular flexibility index (Phi) is 8.15. The number of para-hydroxylation sites is 1. The standard InChI is InChI=1S/C29H24IN3O3S2/c1-35-24-13-8-19(16-25(24)36-2)14-15-32-28(34)26(38-29(32)37)17-21-18-33(23-6-4-3-5-7-23)31-27(21)20-9-11-22(30)12-10-20/h3-13,16-18H,14-15H2,1-2H3/b26-17-. The van der Waals surface area contributed by atoms with Gasteiger partial charge in [-0.2, -0.15) is 5.10 Å². The summed E-state index contributed by atoms with van der Waals surface area (Å²) in [7, 11) is 3.22. The second-order valence-electron chi connectivity index (χ2n) is 8.49. The van der Waals surface area contributed by atoms with Crippen LogP contribution in [-0.2, 0) is 11.2 Å². The molecule has 0 unspecified atom stereocenters. The van der Waals surface area contributed by atoms with E-state index in [1.807, 2.05) is 77.6 Å². The van der Waals surface area contributed by atoms with Crippen LogP contribution in [0.1, 0.15) is 11.1 Å². The lowest BCUT2D eigenvalue weighted by Crippen LogP contribution is -2.30. The highest BCUT2D eigenvalue weighted by molar-refractivity contribution is 14.1. The third-order valence-electron chi connectivity index (χ3n) is 6.11. The second-order valence-corrected chi connectivity index (χ2v) is 11.4. The Bertz CT molecular complexity index is 1520. The second kappa shape index (κ2) is 11.7. The number of rotatable bonds is 8. The summed E-state index contributed by atoms with van der Waals surface area (Å²) in [4.78, 5) is 15.7. The molecule has 0 radical (unpaired) electrons. The molecule has 0 atom stereocenters. The molecule has 0 N–H and O–H groups in total. The lowest BCUT2D eigenvalue weighted by Gasteiger charge is -2.15. The van der Waals surface area contributed by atoms with E-state index in [-0.39, 0.29) is 5.91 Å². The molecule has 0 spiro atoms. The third kappa shape index (κ3) is 5.64. The number of amides is 1. The van der Waals surface area contributed by atoms with Gasteiger partial charge in [0.15, 0.2) is 11.5 Å². The third-order valence-corrected chi connectivity index (χ3v) is 8.21. The number of methoxy groups -OCH3 is 2. The predicted octanol–water partition coefficient (Wildman–Crippen LogP) is 6.61. The molecule has 9 heteroatoms. The average Bonchev–Trinajstić information content (AvgIpc) is 3.48. The summed E-state index contributed by atoms with van der Waals surface area (Å²) in [6, 6.07) is 23.9. The monoisotopic (exact) mass is 653 g/mol. The van der Waals surface area contributed by atoms with Crippen molar-refractivity contribution in [1.29, 1.82) is 0 Å². The first kappa shape index (κ1) is 26.5. The molecule has 2 heterocycles. The fraction of sp³-hybridized carbons (Fsp3) is 0.138. The largest absolute Gasteiger partial charge is 0.493 e. The van der Waals surface area contributed by atoms with Gasteiger partial charge >= 0.3 is 0 Å². The highest BCUT2D eigenvalue weighted by Crippen LogP contribution is 2.35. The van der Waals surface area contributed by atoms with Crippen molar-refractivity contribution in [2.75, 3.05) is 20.8 Å². The summed E-state index contributed by atoms with van der Waals surface area (Å²) < 4.78 is 14.3. The average molecular weight is 654 g/mol. The molecule has 5 rings (SSSR count). The molecule has 3 aromatic carbocycles. The summed E-state index contributed by atoms with van der Waals surface area (Å²) >= 11 is 9.21. The predicted molar refractivity (Wildman–Crippen MR) is 165 cm³/mol. The highest BCUT2D eigenvalue weighted by Gasteiger charge is 2.32. The summed E-state index contributed by atoms with van der Waals surface area (Å²) in [6.07, 6.45) is 4.49. The molecular weight excluding hydrogens is 629 g/mol. The smallest absolute Gasteiger partial charge is 0.266 e. The Labute approximate surface area is 244 Å². The zero-order valence-corrected chi connectivity index (χ0v) is 24.5. The van der Waals surface area contributed by atoms with Crippen LogP contribution >= 0.6 is 46.6 Å². The minimum Gasteiger partial charge on any atom is -0.493 e. The van der Waals surface area contributed by atoms with Gasteiger partial charge in [-0.15, -0.1) is 0 Å². The van der Waals surface area contributed by atoms with Gasteiger partial charge in [0, 0.05) is 27.4 Å². The first-order chi connectivity index (χ1) is 18.5. The van der Waals surface area contributed by atoms with E-state index in [1.54, 1.807) is 19.1 Å². The van der Waals surface area contributed by atoms with Gasteiger partial charge in [0.1, 0.15) is 4.32 Å². The first-order valence-corrected chi connectivity index (χ1v) is 14.1. The highest BCUT2D eigenvalue weighted by atomic mass is 127. The SMILES string of the molecule is COc1ccc(CCN2C(=O)/C(=C/c3cn(-c4ccccc4)nc3-c3ccc(I)cc3)SC2=S)cc1OC. The van der Waals surface area contributed by atoms with Crippen molar-refractivity contribution >= 4 is 62.9 Å². The minimum atomic E-state index is -0.0958. The number of hydrogen-bond acceptors (Lipinski definition) is 6. The molecular formula is C29H24IN3O3S2. The van der Waals surface area contributed by atoms with Crippen molar-refractivity contribution in [2.24, 2.45) is 0 Å². The van der Waals surface area contributed by atoms with E-state index < -0.39 is 0 Å². The molecule has 1 aliphatic rings. The van der Waals surface area contributed by atoms with Gasteiger partial charge in [0.05, 0.1) is 30.5 Å². The van der Waals surface area contributed by atoms with Gasteiger partial charge in [-0.25, -0.2) is 4.68 Å². The summed E-state index contributed by atoms with van der Waals surface area (Å²) in [5, 5.41) is 4.87. The maximum Gasteiger partial charge on any atom is 0.266 e. The van der Waals surface area contributed by atoms with Crippen molar-refractivity contribution in [3.05, 3.63) is 98.6 Å². The lowest BCUT2D eigenvalue weighted by molar-refractivity contribution is -0.122. The van der Waals surface area contributed by atoms with Crippen molar-refractivity contribution in [3.8, 4) is 28.4 Å². The molecule has 0 saturated carbocycles.